The van der Waals surface area contributed by atoms with Gasteiger partial charge in [0.15, 0.2) is 0 Å². The van der Waals surface area contributed by atoms with E-state index in [0.29, 0.717) is 0 Å². The Hall–Kier alpha value is -1.82. The summed E-state index contributed by atoms with van der Waals surface area (Å²) in [4.78, 5) is 0. The molecule has 0 aliphatic heterocycles. The number of allylic oxidation sites excluding steroid dienone is 3. The molecular weight excluding hydrogens is 284 g/mol. The molecule has 0 saturated carbocycles. The Labute approximate surface area is 124 Å². The number of rotatable bonds is 3. The van der Waals surface area contributed by atoms with Gasteiger partial charge in [-0.25, -0.2) is 0 Å². The number of hydrogen-bond donors (Lipinski definition) is 0. The van der Waals surface area contributed by atoms with E-state index in [-0.39, 0.29) is 17.1 Å². The molecule has 0 unspecified atom stereocenters. The third kappa shape index (κ3) is 18.7. The third-order valence-electron chi connectivity index (χ3n) is 1.55. The Bertz CT molecular complexity index is 400. The van der Waals surface area contributed by atoms with E-state index < -0.39 is 0 Å². The zero-order valence-corrected chi connectivity index (χ0v) is 11.2. The Morgan fingerprint density at radius 3 is 1.74 bits per heavy atom. The summed E-state index contributed by atoms with van der Waals surface area (Å²) in [6, 6.07) is 10.1. The number of benzene rings is 1. The molecule has 98 valence electrons. The van der Waals surface area contributed by atoms with E-state index >= 15 is 0 Å². The van der Waals surface area contributed by atoms with Crippen LogP contribution < -0.4 is 0 Å². The zero-order valence-electron chi connectivity index (χ0n) is 10.1. The second-order valence-electron chi connectivity index (χ2n) is 2.52. The van der Waals surface area contributed by atoms with Gasteiger partial charge in [0.25, 0.3) is 0 Å². The molecule has 19 heavy (non-hydrogen) atoms. The first kappa shape index (κ1) is 25.9. The van der Waals surface area contributed by atoms with E-state index in [2.05, 4.69) is 33.1 Å². The van der Waals surface area contributed by atoms with E-state index in [0.717, 1.165) is 5.57 Å². The Kier molecular flexibility index (Phi) is 34.2. The van der Waals surface area contributed by atoms with Crippen LogP contribution >= 0.6 is 0 Å². The molecule has 1 aromatic carbocycles. The standard InChI is InChI=1S/C12H12.3CO.Fe/c1-3-11(2)9-10-12-7-5-4-6-8-12;3*1-2;/h3-10H,1-2H2;;;;/b10-9+;;;;. The van der Waals surface area contributed by atoms with E-state index in [1.165, 1.54) is 5.56 Å². The molecule has 1 rings (SSSR count). The van der Waals surface area contributed by atoms with Crippen molar-refractivity contribution < 1.29 is 31.0 Å². The molecule has 0 bridgehead atoms. The molecule has 0 N–H and O–H groups in total. The van der Waals surface area contributed by atoms with Crippen molar-refractivity contribution in [2.75, 3.05) is 0 Å². The minimum atomic E-state index is 0. The Morgan fingerprint density at radius 2 is 1.37 bits per heavy atom. The van der Waals surface area contributed by atoms with E-state index in [4.69, 9.17) is 14.0 Å². The van der Waals surface area contributed by atoms with Gasteiger partial charge in [-0.15, -0.1) is 0 Å². The smallest absolute Gasteiger partial charge is 0 e. The van der Waals surface area contributed by atoms with Crippen molar-refractivity contribution in [3.05, 3.63) is 86.7 Å². The summed E-state index contributed by atoms with van der Waals surface area (Å²) in [5.74, 6) is 0. The molecule has 0 aliphatic rings. The molecule has 0 saturated heterocycles. The maximum atomic E-state index is 7.50. The molecule has 0 radical (unpaired) electrons. The topological polar surface area (TPSA) is 59.7 Å². The summed E-state index contributed by atoms with van der Waals surface area (Å²) in [6.07, 6.45) is 5.70. The first-order valence-electron chi connectivity index (χ1n) is 4.48. The maximum absolute atomic E-state index is 7.50. The maximum Gasteiger partial charge on any atom is 0 e. The summed E-state index contributed by atoms with van der Waals surface area (Å²) in [7, 11) is 0. The molecule has 1 aromatic rings. The Balaban J connectivity index is -0.000000142. The molecule has 0 aliphatic carbocycles. The van der Waals surface area contributed by atoms with E-state index in [1.54, 1.807) is 6.08 Å². The Morgan fingerprint density at radius 1 is 0.947 bits per heavy atom. The first-order chi connectivity index (χ1) is 8.83. The normalized spacial score (nSPS) is 6.63. The van der Waals surface area contributed by atoms with Crippen LogP contribution in [0.15, 0.2) is 61.2 Å². The van der Waals surface area contributed by atoms with Gasteiger partial charge in [-0.1, -0.05) is 61.7 Å². The van der Waals surface area contributed by atoms with Gasteiger partial charge in [-0.2, -0.15) is 0 Å². The number of hydrogen-bond acceptors (Lipinski definition) is 0. The molecule has 4 heteroatoms. The second kappa shape index (κ2) is 25.1. The van der Waals surface area contributed by atoms with E-state index in [9.17, 15) is 0 Å². The molecule has 0 atom stereocenters. The molecule has 0 aromatic heterocycles. The van der Waals surface area contributed by atoms with Gasteiger partial charge >= 0.3 is 33.9 Å². The van der Waals surface area contributed by atoms with Gasteiger partial charge in [0, 0.05) is 17.1 Å². The van der Waals surface area contributed by atoms with Crippen LogP contribution in [0, 0.1) is 20.0 Å². The van der Waals surface area contributed by atoms with Crippen LogP contribution in [0.4, 0.5) is 0 Å². The van der Waals surface area contributed by atoms with Crippen molar-refractivity contribution in [1.29, 1.82) is 0 Å². The van der Waals surface area contributed by atoms with Crippen molar-refractivity contribution in [3.63, 3.8) is 0 Å². The van der Waals surface area contributed by atoms with Gasteiger partial charge in [-0.3, -0.25) is 0 Å². The predicted molar refractivity (Wildman–Crippen MR) is 66.6 cm³/mol. The van der Waals surface area contributed by atoms with Crippen LogP contribution in [-0.4, -0.2) is 0 Å². The molecule has 3 nitrogen and oxygen atoms in total. The third-order valence-corrected chi connectivity index (χ3v) is 1.55. The summed E-state index contributed by atoms with van der Waals surface area (Å²) in [5, 5.41) is 0. The summed E-state index contributed by atoms with van der Waals surface area (Å²) >= 11 is 0. The van der Waals surface area contributed by atoms with Gasteiger partial charge in [0.1, 0.15) is 0 Å². The quantitative estimate of drug-likeness (QED) is 0.355. The predicted octanol–water partition coefficient (Wildman–Crippen LogP) is 3.33. The molecular formula is C15H12FeO3. The van der Waals surface area contributed by atoms with Crippen LogP contribution in [0.3, 0.4) is 0 Å². The average Bonchev–Trinajstić information content (AvgIpc) is 2.52. The van der Waals surface area contributed by atoms with Crippen molar-refractivity contribution in [3.8, 4) is 0 Å². The summed E-state index contributed by atoms with van der Waals surface area (Å²) in [6.45, 7) is 20.9. The minimum absolute atomic E-state index is 0. The second-order valence-corrected chi connectivity index (χ2v) is 2.52. The van der Waals surface area contributed by atoms with Gasteiger partial charge in [0.05, 0.1) is 0 Å². The van der Waals surface area contributed by atoms with Crippen molar-refractivity contribution in [2.45, 2.75) is 0 Å². The van der Waals surface area contributed by atoms with Gasteiger partial charge in [0.2, 0.25) is 0 Å². The van der Waals surface area contributed by atoms with Crippen LogP contribution in [-0.2, 0) is 31.0 Å². The zero-order chi connectivity index (χ0) is 14.8. The first-order valence-corrected chi connectivity index (χ1v) is 4.48. The average molecular weight is 296 g/mol. The van der Waals surface area contributed by atoms with Gasteiger partial charge in [-0.05, 0) is 11.1 Å². The molecule has 0 fully saturated rings. The largest absolute Gasteiger partial charge is 0 e. The summed E-state index contributed by atoms with van der Waals surface area (Å²) < 4.78 is 22.5. The van der Waals surface area contributed by atoms with Crippen LogP contribution in [0.25, 0.3) is 6.08 Å². The van der Waals surface area contributed by atoms with Crippen LogP contribution in [0.2, 0.25) is 0 Å². The fourth-order valence-electron chi connectivity index (χ4n) is 0.835. The molecule has 0 spiro atoms. The van der Waals surface area contributed by atoms with Crippen molar-refractivity contribution >= 4 is 6.08 Å². The van der Waals surface area contributed by atoms with E-state index in [1.807, 2.05) is 42.5 Å². The van der Waals surface area contributed by atoms with Crippen LogP contribution in [0.1, 0.15) is 5.56 Å². The van der Waals surface area contributed by atoms with Crippen molar-refractivity contribution in [1.82, 2.24) is 0 Å². The fraction of sp³-hybridized carbons (Fsp3) is 0. The van der Waals surface area contributed by atoms with Gasteiger partial charge < -0.3 is 0 Å². The fourth-order valence-corrected chi connectivity index (χ4v) is 0.835. The summed E-state index contributed by atoms with van der Waals surface area (Å²) in [5.41, 5.74) is 2.11. The molecule has 0 amide bonds. The molecule has 0 heterocycles. The monoisotopic (exact) mass is 296 g/mol. The SMILES string of the molecule is C=CC(=C)/C=C/c1ccccc1.[C-]#[O+].[C-]#[O+].[C-]#[O+].[Fe]. The van der Waals surface area contributed by atoms with Crippen molar-refractivity contribution in [2.24, 2.45) is 0 Å². The minimum Gasteiger partial charge on any atom is 0 e. The van der Waals surface area contributed by atoms with Crippen LogP contribution in [0.5, 0.6) is 0 Å².